The van der Waals surface area contributed by atoms with Crippen molar-refractivity contribution in [1.82, 2.24) is 20.1 Å². The summed E-state index contributed by atoms with van der Waals surface area (Å²) in [4.78, 5) is 29.0. The van der Waals surface area contributed by atoms with E-state index in [9.17, 15) is 9.59 Å². The number of anilines is 1. The van der Waals surface area contributed by atoms with Crippen LogP contribution in [0.2, 0.25) is 0 Å². The van der Waals surface area contributed by atoms with E-state index in [4.69, 9.17) is 0 Å². The zero-order valence-corrected chi connectivity index (χ0v) is 16.5. The molecule has 1 aromatic carbocycles. The molecule has 0 saturated heterocycles. The molecule has 28 heavy (non-hydrogen) atoms. The molecule has 1 aliphatic rings. The number of amides is 2. The van der Waals surface area contributed by atoms with Crippen molar-refractivity contribution in [3.63, 3.8) is 0 Å². The van der Waals surface area contributed by atoms with Crippen molar-refractivity contribution < 1.29 is 9.59 Å². The molecule has 0 saturated carbocycles. The van der Waals surface area contributed by atoms with Crippen LogP contribution in [0.15, 0.2) is 24.3 Å². The predicted octanol–water partition coefficient (Wildman–Crippen LogP) is 2.96. The molecule has 3 aromatic rings. The molecule has 1 aliphatic heterocycles. The standard InChI is InChI=1S/C21H23N5O2/c1-11(14-5-7-18-15(9-14)6-8-19(27)24-18)23-21(28)17-10-16-13(3)25-26(4)20(16)22-12(17)2/h5,7,9-11H,6,8H2,1-4H3,(H,23,28)(H,24,27). The molecule has 3 heterocycles. The summed E-state index contributed by atoms with van der Waals surface area (Å²) in [5, 5.41) is 11.2. The molecule has 7 heteroatoms. The maximum Gasteiger partial charge on any atom is 0.253 e. The van der Waals surface area contributed by atoms with Gasteiger partial charge in [-0.25, -0.2) is 4.98 Å². The van der Waals surface area contributed by atoms with Gasteiger partial charge in [0, 0.05) is 24.5 Å². The number of carbonyl (C=O) groups excluding carboxylic acids is 2. The minimum absolute atomic E-state index is 0.0469. The second-order valence-electron chi connectivity index (χ2n) is 7.36. The highest BCUT2D eigenvalue weighted by atomic mass is 16.2. The third-order valence-electron chi connectivity index (χ3n) is 5.31. The maximum absolute atomic E-state index is 12.9. The summed E-state index contributed by atoms with van der Waals surface area (Å²) in [6, 6.07) is 7.60. The number of hydrogen-bond donors (Lipinski definition) is 2. The number of nitrogens with zero attached hydrogens (tertiary/aromatic N) is 3. The van der Waals surface area contributed by atoms with E-state index in [0.717, 1.165) is 40.0 Å². The SMILES string of the molecule is Cc1nc2c(cc1C(=O)NC(C)c1ccc3c(c1)CCC(=O)N3)c(C)nn2C. The van der Waals surface area contributed by atoms with Crippen LogP contribution in [-0.2, 0) is 18.3 Å². The highest BCUT2D eigenvalue weighted by Gasteiger charge is 2.20. The van der Waals surface area contributed by atoms with Gasteiger partial charge in [-0.3, -0.25) is 14.3 Å². The van der Waals surface area contributed by atoms with Crippen LogP contribution in [0.3, 0.4) is 0 Å². The second-order valence-corrected chi connectivity index (χ2v) is 7.36. The number of nitrogens with one attached hydrogen (secondary N) is 2. The predicted molar refractivity (Wildman–Crippen MR) is 107 cm³/mol. The molecule has 2 N–H and O–H groups in total. The number of aromatic nitrogens is 3. The van der Waals surface area contributed by atoms with E-state index < -0.39 is 0 Å². The number of aryl methyl sites for hydroxylation is 4. The van der Waals surface area contributed by atoms with Crippen molar-refractivity contribution in [3.05, 3.63) is 52.3 Å². The zero-order valence-electron chi connectivity index (χ0n) is 16.5. The van der Waals surface area contributed by atoms with Gasteiger partial charge in [0.1, 0.15) is 0 Å². The lowest BCUT2D eigenvalue weighted by Gasteiger charge is -2.20. The average Bonchev–Trinajstić information content (AvgIpc) is 2.93. The van der Waals surface area contributed by atoms with Gasteiger partial charge in [0.15, 0.2) is 5.65 Å². The molecule has 144 valence electrons. The topological polar surface area (TPSA) is 88.9 Å². The Morgan fingerprint density at radius 3 is 2.79 bits per heavy atom. The van der Waals surface area contributed by atoms with E-state index in [1.54, 1.807) is 4.68 Å². The van der Waals surface area contributed by atoms with Gasteiger partial charge in [-0.05, 0) is 50.5 Å². The minimum atomic E-state index is -0.166. The average molecular weight is 377 g/mol. The van der Waals surface area contributed by atoms with Crippen molar-refractivity contribution in [2.24, 2.45) is 7.05 Å². The Kier molecular flexibility index (Phi) is 4.37. The first-order chi connectivity index (χ1) is 13.3. The van der Waals surface area contributed by atoms with Gasteiger partial charge in [0.05, 0.1) is 23.0 Å². The van der Waals surface area contributed by atoms with E-state index in [2.05, 4.69) is 26.8 Å². The second kappa shape index (κ2) is 6.74. The van der Waals surface area contributed by atoms with Gasteiger partial charge >= 0.3 is 0 Å². The van der Waals surface area contributed by atoms with E-state index in [-0.39, 0.29) is 17.9 Å². The summed E-state index contributed by atoms with van der Waals surface area (Å²) in [5.41, 5.74) is 5.82. The third kappa shape index (κ3) is 3.13. The Bertz CT molecular complexity index is 1120. The van der Waals surface area contributed by atoms with Crippen molar-refractivity contribution in [1.29, 1.82) is 0 Å². The molecular formula is C21H23N5O2. The molecule has 1 atom stereocenters. The number of carbonyl (C=O) groups is 2. The minimum Gasteiger partial charge on any atom is -0.345 e. The summed E-state index contributed by atoms with van der Waals surface area (Å²) in [7, 11) is 1.85. The first-order valence-corrected chi connectivity index (χ1v) is 9.38. The van der Waals surface area contributed by atoms with Gasteiger partial charge < -0.3 is 10.6 Å². The zero-order chi connectivity index (χ0) is 20.0. The molecule has 0 fully saturated rings. The van der Waals surface area contributed by atoms with Gasteiger partial charge in [0.25, 0.3) is 5.91 Å². The Labute approximate surface area is 163 Å². The van der Waals surface area contributed by atoms with Crippen LogP contribution in [0, 0.1) is 13.8 Å². The van der Waals surface area contributed by atoms with Gasteiger partial charge in [0.2, 0.25) is 5.91 Å². The van der Waals surface area contributed by atoms with E-state index in [1.165, 1.54) is 0 Å². The van der Waals surface area contributed by atoms with Crippen molar-refractivity contribution in [2.75, 3.05) is 5.32 Å². The van der Waals surface area contributed by atoms with Crippen molar-refractivity contribution in [2.45, 2.75) is 39.7 Å². The largest absolute Gasteiger partial charge is 0.345 e. The summed E-state index contributed by atoms with van der Waals surface area (Å²) in [5.74, 6) is -0.112. The summed E-state index contributed by atoms with van der Waals surface area (Å²) in [6.07, 6.45) is 1.21. The summed E-state index contributed by atoms with van der Waals surface area (Å²) < 4.78 is 1.73. The van der Waals surface area contributed by atoms with Crippen molar-refractivity contribution >= 4 is 28.5 Å². The van der Waals surface area contributed by atoms with Crippen LogP contribution in [0.5, 0.6) is 0 Å². The number of pyridine rings is 1. The molecule has 0 radical (unpaired) electrons. The lowest BCUT2D eigenvalue weighted by molar-refractivity contribution is -0.116. The lowest BCUT2D eigenvalue weighted by atomic mass is 9.97. The highest BCUT2D eigenvalue weighted by Crippen LogP contribution is 2.26. The van der Waals surface area contributed by atoms with Gasteiger partial charge in [-0.2, -0.15) is 5.10 Å². The maximum atomic E-state index is 12.9. The van der Waals surface area contributed by atoms with Gasteiger partial charge in [-0.15, -0.1) is 0 Å². The molecule has 4 rings (SSSR count). The van der Waals surface area contributed by atoms with Gasteiger partial charge in [-0.1, -0.05) is 12.1 Å². The van der Waals surface area contributed by atoms with Crippen LogP contribution >= 0.6 is 0 Å². The molecule has 2 amide bonds. The Morgan fingerprint density at radius 2 is 2.00 bits per heavy atom. The summed E-state index contributed by atoms with van der Waals surface area (Å²) in [6.45, 7) is 5.70. The highest BCUT2D eigenvalue weighted by molar-refractivity contribution is 5.99. The van der Waals surface area contributed by atoms with Crippen LogP contribution in [0.4, 0.5) is 5.69 Å². The number of fused-ring (bicyclic) bond motifs is 2. The Hall–Kier alpha value is -3.22. The van der Waals surface area contributed by atoms with Crippen LogP contribution in [0.25, 0.3) is 11.0 Å². The smallest absolute Gasteiger partial charge is 0.253 e. The number of benzene rings is 1. The number of hydrogen-bond acceptors (Lipinski definition) is 4. The fourth-order valence-corrected chi connectivity index (χ4v) is 3.69. The molecule has 2 aromatic heterocycles. The van der Waals surface area contributed by atoms with E-state index >= 15 is 0 Å². The normalized spacial score (nSPS) is 14.5. The summed E-state index contributed by atoms with van der Waals surface area (Å²) >= 11 is 0. The molecule has 1 unspecified atom stereocenters. The molecule has 0 aliphatic carbocycles. The molecule has 0 bridgehead atoms. The fourth-order valence-electron chi connectivity index (χ4n) is 3.69. The fraction of sp³-hybridized carbons (Fsp3) is 0.333. The Morgan fingerprint density at radius 1 is 1.21 bits per heavy atom. The first-order valence-electron chi connectivity index (χ1n) is 9.38. The first kappa shape index (κ1) is 18.2. The monoisotopic (exact) mass is 377 g/mol. The molecule has 0 spiro atoms. The quantitative estimate of drug-likeness (QED) is 0.734. The third-order valence-corrected chi connectivity index (χ3v) is 5.31. The van der Waals surface area contributed by atoms with E-state index in [1.807, 2.05) is 46.0 Å². The lowest BCUT2D eigenvalue weighted by Crippen LogP contribution is -2.28. The molecular weight excluding hydrogens is 354 g/mol. The van der Waals surface area contributed by atoms with Crippen LogP contribution in [-0.4, -0.2) is 26.6 Å². The Balaban J connectivity index is 1.58. The van der Waals surface area contributed by atoms with Crippen molar-refractivity contribution in [3.8, 4) is 0 Å². The van der Waals surface area contributed by atoms with E-state index in [0.29, 0.717) is 17.7 Å². The van der Waals surface area contributed by atoms with Crippen LogP contribution in [0.1, 0.15) is 52.3 Å². The van der Waals surface area contributed by atoms with Crippen LogP contribution < -0.4 is 10.6 Å². The number of rotatable bonds is 3. The molecule has 7 nitrogen and oxygen atoms in total.